The second-order valence-electron chi connectivity index (χ2n) is 9.37. The third-order valence-electron chi connectivity index (χ3n) is 7.76. The zero-order valence-electron chi connectivity index (χ0n) is 18.5. The van der Waals surface area contributed by atoms with E-state index >= 15 is 0 Å². The van der Waals surface area contributed by atoms with E-state index < -0.39 is 71.1 Å². The van der Waals surface area contributed by atoms with E-state index in [1.54, 1.807) is 12.2 Å². The Balaban J connectivity index is 1.34. The van der Waals surface area contributed by atoms with Crippen molar-refractivity contribution < 1.29 is 39.0 Å². The molecule has 2 saturated heterocycles. The van der Waals surface area contributed by atoms with Gasteiger partial charge in [0.1, 0.15) is 0 Å². The molecule has 2 aliphatic heterocycles. The first-order chi connectivity index (χ1) is 17.2. The van der Waals surface area contributed by atoms with Gasteiger partial charge in [-0.1, -0.05) is 12.2 Å². The van der Waals surface area contributed by atoms with Gasteiger partial charge in [-0.3, -0.25) is 29.0 Å². The number of allylic oxidation sites excluding steroid dienone is 2. The number of benzene rings is 2. The van der Waals surface area contributed by atoms with Gasteiger partial charge in [-0.05, 0) is 48.5 Å². The number of carboxylic acid groups (broad SMARTS) is 2. The number of carbonyl (C=O) groups is 6. The van der Waals surface area contributed by atoms with Gasteiger partial charge in [0, 0.05) is 11.8 Å². The lowest BCUT2D eigenvalue weighted by molar-refractivity contribution is -0.137. The third-order valence-corrected chi connectivity index (χ3v) is 7.76. The van der Waals surface area contributed by atoms with Crippen LogP contribution in [0.25, 0.3) is 0 Å². The van der Waals surface area contributed by atoms with E-state index in [-0.39, 0.29) is 22.5 Å². The number of amides is 4. The smallest absolute Gasteiger partial charge is 0.335 e. The third kappa shape index (κ3) is 2.78. The molecule has 4 amide bonds. The lowest BCUT2D eigenvalue weighted by Crippen LogP contribution is -2.50. The molecule has 5 aliphatic rings. The van der Waals surface area contributed by atoms with E-state index in [9.17, 15) is 28.8 Å². The number of rotatable bonds is 4. The second-order valence-corrected chi connectivity index (χ2v) is 9.37. The van der Waals surface area contributed by atoms with Crippen molar-refractivity contribution in [2.45, 2.75) is 0 Å². The topological polar surface area (TPSA) is 149 Å². The molecule has 7 rings (SSSR count). The molecule has 0 spiro atoms. The van der Waals surface area contributed by atoms with Crippen LogP contribution in [0.3, 0.4) is 0 Å². The van der Waals surface area contributed by atoms with Gasteiger partial charge in [0.25, 0.3) is 0 Å². The highest BCUT2D eigenvalue weighted by Gasteiger charge is 2.68. The van der Waals surface area contributed by atoms with Crippen molar-refractivity contribution in [3.63, 3.8) is 0 Å². The number of imide groups is 2. The number of hydrogen-bond acceptors (Lipinski definition) is 6. The zero-order chi connectivity index (χ0) is 25.5. The first kappa shape index (κ1) is 21.9. The molecule has 2 N–H and O–H groups in total. The molecule has 2 heterocycles. The van der Waals surface area contributed by atoms with E-state index in [1.807, 2.05) is 0 Å². The van der Waals surface area contributed by atoms with Crippen molar-refractivity contribution in [2.75, 3.05) is 9.80 Å². The van der Waals surface area contributed by atoms with E-state index in [2.05, 4.69) is 0 Å². The van der Waals surface area contributed by atoms with Crippen molar-refractivity contribution in [1.82, 2.24) is 0 Å². The molecule has 0 radical (unpaired) electrons. The molecular weight excluding hydrogens is 468 g/mol. The average molecular weight is 486 g/mol. The van der Waals surface area contributed by atoms with Crippen LogP contribution in [0.1, 0.15) is 20.7 Å². The summed E-state index contributed by atoms with van der Waals surface area (Å²) in [5.41, 5.74) is 0.511. The van der Waals surface area contributed by atoms with E-state index in [4.69, 9.17) is 10.2 Å². The molecule has 6 atom stereocenters. The summed E-state index contributed by atoms with van der Waals surface area (Å²) in [6.45, 7) is 0. The lowest BCUT2D eigenvalue weighted by Gasteiger charge is -2.44. The molecule has 36 heavy (non-hydrogen) atoms. The minimum atomic E-state index is -1.14. The average Bonchev–Trinajstić information content (AvgIpc) is 3.31. The summed E-state index contributed by atoms with van der Waals surface area (Å²) >= 11 is 0. The van der Waals surface area contributed by atoms with Gasteiger partial charge >= 0.3 is 11.9 Å². The number of carbonyl (C=O) groups excluding carboxylic acids is 4. The van der Waals surface area contributed by atoms with Gasteiger partial charge in [-0.15, -0.1) is 0 Å². The largest absolute Gasteiger partial charge is 0.478 e. The fraction of sp³-hybridized carbons (Fsp3) is 0.231. The molecule has 3 aliphatic carbocycles. The summed E-state index contributed by atoms with van der Waals surface area (Å²) in [4.78, 5) is 78.3. The van der Waals surface area contributed by atoms with Crippen LogP contribution in [0.2, 0.25) is 0 Å². The van der Waals surface area contributed by atoms with Crippen LogP contribution < -0.4 is 9.80 Å². The summed E-state index contributed by atoms with van der Waals surface area (Å²) in [5.74, 6) is -8.70. The van der Waals surface area contributed by atoms with Gasteiger partial charge in [0.05, 0.1) is 46.2 Å². The monoisotopic (exact) mass is 486 g/mol. The Morgan fingerprint density at radius 2 is 0.806 bits per heavy atom. The highest BCUT2D eigenvalue weighted by atomic mass is 16.4. The molecule has 1 saturated carbocycles. The number of anilines is 2. The SMILES string of the molecule is O=C(O)c1ccc(N2C(=O)[C@@H]3C4C=CC([C@H]5C(=O)N(c6ccc(C(=O)O)cc6)C(=O)[C@@H]45)[C@@H]3C2=O)cc1. The number of hydrogen-bond donors (Lipinski definition) is 2. The highest BCUT2D eigenvalue weighted by molar-refractivity contribution is 6.26. The van der Waals surface area contributed by atoms with Crippen LogP contribution in [0.5, 0.6) is 0 Å². The van der Waals surface area contributed by atoms with Crippen LogP contribution in [-0.4, -0.2) is 45.8 Å². The maximum atomic E-state index is 13.5. The molecule has 10 heteroatoms. The molecule has 2 aromatic carbocycles. The number of aromatic carboxylic acids is 2. The van der Waals surface area contributed by atoms with Crippen molar-refractivity contribution >= 4 is 46.9 Å². The Morgan fingerprint density at radius 3 is 1.06 bits per heavy atom. The first-order valence-corrected chi connectivity index (χ1v) is 11.3. The predicted molar refractivity (Wildman–Crippen MR) is 122 cm³/mol. The van der Waals surface area contributed by atoms with Crippen LogP contribution in [-0.2, 0) is 19.2 Å². The quantitative estimate of drug-likeness (QED) is 0.491. The summed E-state index contributed by atoms with van der Waals surface area (Å²) in [5, 5.41) is 18.2. The summed E-state index contributed by atoms with van der Waals surface area (Å²) in [6, 6.07) is 10.8. The Kier molecular flexibility index (Phi) is 4.53. The summed E-state index contributed by atoms with van der Waals surface area (Å²) in [7, 11) is 0. The van der Waals surface area contributed by atoms with Crippen LogP contribution in [0, 0.1) is 35.5 Å². The summed E-state index contributed by atoms with van der Waals surface area (Å²) < 4.78 is 0. The van der Waals surface area contributed by atoms with Crippen molar-refractivity contribution in [1.29, 1.82) is 0 Å². The standard InChI is InChI=1S/C26H18N2O8/c29-21-17-15-9-10-16(18(17)22(30)27(21)13-5-1-11(2-6-13)25(33)34)20-19(15)23(31)28(24(20)32)14-7-3-12(4-8-14)26(35)36/h1-10,15-20H,(H,33,34)(H,35,36)/t15?,16?,17-,18+,19+,20-. The van der Waals surface area contributed by atoms with E-state index in [0.717, 1.165) is 9.80 Å². The Hall–Kier alpha value is -4.60. The summed E-state index contributed by atoms with van der Waals surface area (Å²) in [6.07, 6.45) is 3.49. The first-order valence-electron chi connectivity index (χ1n) is 11.3. The second kappa shape index (κ2) is 7.45. The minimum Gasteiger partial charge on any atom is -0.478 e. The normalized spacial score (nSPS) is 30.1. The molecule has 2 aromatic rings. The van der Waals surface area contributed by atoms with Gasteiger partial charge in [-0.2, -0.15) is 0 Å². The predicted octanol–water partition coefficient (Wildman–Crippen LogP) is 1.81. The zero-order valence-corrected chi connectivity index (χ0v) is 18.5. The maximum Gasteiger partial charge on any atom is 0.335 e. The molecule has 2 bridgehead atoms. The van der Waals surface area contributed by atoms with E-state index in [0.29, 0.717) is 0 Å². The van der Waals surface area contributed by atoms with Crippen molar-refractivity contribution in [3.8, 4) is 0 Å². The fourth-order valence-corrected chi connectivity index (χ4v) is 6.24. The van der Waals surface area contributed by atoms with Crippen LogP contribution >= 0.6 is 0 Å². The highest BCUT2D eigenvalue weighted by Crippen LogP contribution is 2.58. The molecule has 180 valence electrons. The molecular formula is C26H18N2O8. The van der Waals surface area contributed by atoms with Gasteiger partial charge in [0.15, 0.2) is 0 Å². The molecule has 0 aromatic heterocycles. The van der Waals surface area contributed by atoms with Crippen LogP contribution in [0.15, 0.2) is 60.7 Å². The fourth-order valence-electron chi connectivity index (χ4n) is 6.24. The van der Waals surface area contributed by atoms with Gasteiger partial charge < -0.3 is 10.2 Å². The van der Waals surface area contributed by atoms with Crippen molar-refractivity contribution in [3.05, 3.63) is 71.8 Å². The Morgan fingerprint density at radius 1 is 0.528 bits per heavy atom. The Labute approximate surface area is 203 Å². The molecule has 2 unspecified atom stereocenters. The number of carboxylic acids is 2. The van der Waals surface area contributed by atoms with Gasteiger partial charge in [-0.25, -0.2) is 9.59 Å². The Bertz CT molecular complexity index is 1260. The van der Waals surface area contributed by atoms with Crippen LogP contribution in [0.4, 0.5) is 11.4 Å². The minimum absolute atomic E-state index is 0.0131. The number of nitrogens with zero attached hydrogens (tertiary/aromatic N) is 2. The molecule has 3 fully saturated rings. The van der Waals surface area contributed by atoms with E-state index in [1.165, 1.54) is 48.5 Å². The van der Waals surface area contributed by atoms with Crippen molar-refractivity contribution in [2.24, 2.45) is 35.5 Å². The lowest BCUT2D eigenvalue weighted by atomic mass is 9.54. The maximum absolute atomic E-state index is 13.5. The van der Waals surface area contributed by atoms with Gasteiger partial charge in [0.2, 0.25) is 23.6 Å². The molecule has 10 nitrogen and oxygen atoms in total.